The topological polar surface area (TPSA) is 100 Å². The monoisotopic (exact) mass is 438 g/mol. The molecule has 0 radical (unpaired) electrons. The summed E-state index contributed by atoms with van der Waals surface area (Å²) in [6.45, 7) is 2.39. The second-order valence-corrected chi connectivity index (χ2v) is 8.90. The maximum atomic E-state index is 14.2. The van der Waals surface area contributed by atoms with E-state index in [2.05, 4.69) is 20.3 Å². The van der Waals surface area contributed by atoms with Gasteiger partial charge in [-0.15, -0.1) is 0 Å². The number of hydrogen-bond acceptors (Lipinski definition) is 5. The number of aliphatic hydroxyl groups excluding tert-OH is 1. The molecule has 0 aliphatic heterocycles. The lowest BCUT2D eigenvalue weighted by Gasteiger charge is -2.28. The van der Waals surface area contributed by atoms with Crippen molar-refractivity contribution in [1.29, 1.82) is 0 Å². The number of nitrogens with zero attached hydrogens (tertiary/aromatic N) is 2. The van der Waals surface area contributed by atoms with Crippen molar-refractivity contribution in [2.45, 2.75) is 57.6 Å². The average Bonchev–Trinajstić information content (AvgIpc) is 3.54. The van der Waals surface area contributed by atoms with Crippen LogP contribution in [-0.4, -0.2) is 44.7 Å². The Labute approximate surface area is 185 Å². The Balaban J connectivity index is 1.51. The van der Waals surface area contributed by atoms with E-state index >= 15 is 0 Å². The van der Waals surface area contributed by atoms with E-state index in [-0.39, 0.29) is 11.9 Å². The molecule has 8 heteroatoms. The summed E-state index contributed by atoms with van der Waals surface area (Å²) in [5.74, 6) is 0.435. The second kappa shape index (κ2) is 8.50. The average molecular weight is 439 g/mol. The van der Waals surface area contributed by atoms with Crippen molar-refractivity contribution in [3.63, 3.8) is 0 Å². The number of ether oxygens (including phenoxy) is 1. The van der Waals surface area contributed by atoms with E-state index in [4.69, 9.17) is 4.74 Å². The zero-order valence-electron chi connectivity index (χ0n) is 18.0. The van der Waals surface area contributed by atoms with Gasteiger partial charge in [0.15, 0.2) is 0 Å². The number of benzene rings is 1. The van der Waals surface area contributed by atoms with E-state index in [1.54, 1.807) is 13.0 Å². The molecule has 5 rings (SSSR count). The van der Waals surface area contributed by atoms with E-state index in [0.29, 0.717) is 58.2 Å². The Bertz CT molecular complexity index is 1160. The van der Waals surface area contributed by atoms with E-state index < -0.39 is 11.9 Å². The fourth-order valence-electron chi connectivity index (χ4n) is 4.43. The summed E-state index contributed by atoms with van der Waals surface area (Å²) in [7, 11) is 0. The van der Waals surface area contributed by atoms with Crippen LogP contribution in [0.4, 0.5) is 4.39 Å². The lowest BCUT2D eigenvalue weighted by Crippen LogP contribution is -2.45. The van der Waals surface area contributed by atoms with E-state index in [1.807, 2.05) is 0 Å². The number of H-pyrrole nitrogens is 1. The number of carbonyl (C=O) groups is 1. The Kier molecular flexibility index (Phi) is 5.55. The minimum atomic E-state index is -0.540. The first-order chi connectivity index (χ1) is 15.5. The van der Waals surface area contributed by atoms with Gasteiger partial charge >= 0.3 is 0 Å². The van der Waals surface area contributed by atoms with Gasteiger partial charge in [-0.3, -0.25) is 4.79 Å². The Morgan fingerprint density at radius 1 is 1.25 bits per heavy atom. The largest absolute Gasteiger partial charge is 0.493 e. The SMILES string of the molecule is Cc1[nH]c2c(-c3cc(F)ccc3OCC3CC3)ncnc2c1C(=O)N[C@H]1CCCC[C@@H]1O. The normalized spacial score (nSPS) is 21.0. The van der Waals surface area contributed by atoms with Gasteiger partial charge in [0.1, 0.15) is 29.1 Å². The van der Waals surface area contributed by atoms with E-state index in [1.165, 1.54) is 18.5 Å². The van der Waals surface area contributed by atoms with Crippen LogP contribution in [0.15, 0.2) is 24.5 Å². The van der Waals surface area contributed by atoms with Crippen molar-refractivity contribution in [3.8, 4) is 17.0 Å². The molecule has 1 amide bonds. The fraction of sp³-hybridized carbons (Fsp3) is 0.458. The van der Waals surface area contributed by atoms with Crippen molar-refractivity contribution in [2.24, 2.45) is 5.92 Å². The fourth-order valence-corrected chi connectivity index (χ4v) is 4.43. The lowest BCUT2D eigenvalue weighted by molar-refractivity contribution is 0.0718. The van der Waals surface area contributed by atoms with Gasteiger partial charge in [0.25, 0.3) is 5.91 Å². The summed E-state index contributed by atoms with van der Waals surface area (Å²) in [6.07, 6.45) is 6.53. The highest BCUT2D eigenvalue weighted by atomic mass is 19.1. The number of rotatable bonds is 6. The minimum Gasteiger partial charge on any atom is -0.493 e. The first-order valence-corrected chi connectivity index (χ1v) is 11.3. The molecule has 1 aromatic carbocycles. The van der Waals surface area contributed by atoms with Gasteiger partial charge in [-0.2, -0.15) is 0 Å². The molecule has 2 aromatic heterocycles. The molecule has 0 unspecified atom stereocenters. The summed E-state index contributed by atoms with van der Waals surface area (Å²) in [4.78, 5) is 25.1. The zero-order valence-corrected chi connectivity index (χ0v) is 18.0. The maximum absolute atomic E-state index is 14.2. The van der Waals surface area contributed by atoms with Gasteiger partial charge in [-0.1, -0.05) is 12.8 Å². The molecular weight excluding hydrogens is 411 g/mol. The quantitative estimate of drug-likeness (QED) is 0.542. The molecule has 3 N–H and O–H groups in total. The molecule has 0 spiro atoms. The molecule has 3 aromatic rings. The number of amides is 1. The second-order valence-electron chi connectivity index (χ2n) is 8.90. The molecule has 2 saturated carbocycles. The Morgan fingerprint density at radius 2 is 2.06 bits per heavy atom. The van der Waals surface area contributed by atoms with Crippen LogP contribution < -0.4 is 10.1 Å². The molecule has 2 heterocycles. The molecular formula is C24H27FN4O3. The predicted octanol–water partition coefficient (Wildman–Crippen LogP) is 3.89. The highest BCUT2D eigenvalue weighted by Crippen LogP contribution is 2.36. The number of aryl methyl sites for hydroxylation is 1. The van der Waals surface area contributed by atoms with Gasteiger partial charge < -0.3 is 20.1 Å². The number of aromatic amines is 1. The van der Waals surface area contributed by atoms with Crippen molar-refractivity contribution in [2.75, 3.05) is 6.61 Å². The number of nitrogens with one attached hydrogen (secondary N) is 2. The minimum absolute atomic E-state index is 0.271. The molecule has 2 atom stereocenters. The summed E-state index contributed by atoms with van der Waals surface area (Å²) in [5.41, 5.74) is 3.09. The third-order valence-electron chi connectivity index (χ3n) is 6.41. The van der Waals surface area contributed by atoms with Crippen molar-refractivity contribution in [1.82, 2.24) is 20.3 Å². The highest BCUT2D eigenvalue weighted by molar-refractivity contribution is 6.09. The van der Waals surface area contributed by atoms with E-state index in [9.17, 15) is 14.3 Å². The lowest BCUT2D eigenvalue weighted by atomic mass is 9.92. The number of hydrogen-bond donors (Lipinski definition) is 3. The van der Waals surface area contributed by atoms with Crippen LogP contribution in [0.1, 0.15) is 54.6 Å². The van der Waals surface area contributed by atoms with Crippen molar-refractivity contribution >= 4 is 16.9 Å². The Hall–Kier alpha value is -3.00. The van der Waals surface area contributed by atoms with Gasteiger partial charge in [0, 0.05) is 11.3 Å². The van der Waals surface area contributed by atoms with Gasteiger partial charge in [0.2, 0.25) is 0 Å². The number of carbonyl (C=O) groups excluding carboxylic acids is 1. The molecule has 168 valence electrons. The van der Waals surface area contributed by atoms with Crippen molar-refractivity contribution < 1.29 is 19.0 Å². The van der Waals surface area contributed by atoms with Crippen LogP contribution in [0.5, 0.6) is 5.75 Å². The van der Waals surface area contributed by atoms with Crippen LogP contribution in [0.2, 0.25) is 0 Å². The summed E-state index contributed by atoms with van der Waals surface area (Å²) in [5, 5.41) is 13.2. The molecule has 32 heavy (non-hydrogen) atoms. The first kappa shape index (κ1) is 20.9. The van der Waals surface area contributed by atoms with E-state index in [0.717, 1.165) is 32.1 Å². The van der Waals surface area contributed by atoms with Crippen LogP contribution >= 0.6 is 0 Å². The number of aromatic nitrogens is 3. The molecule has 0 bridgehead atoms. The van der Waals surface area contributed by atoms with Gasteiger partial charge in [-0.05, 0) is 56.7 Å². The summed E-state index contributed by atoms with van der Waals surface area (Å²) < 4.78 is 20.1. The molecule has 2 aliphatic rings. The molecule has 2 fully saturated rings. The van der Waals surface area contributed by atoms with Crippen LogP contribution in [-0.2, 0) is 0 Å². The van der Waals surface area contributed by atoms with Crippen LogP contribution in [0.3, 0.4) is 0 Å². The number of halogens is 1. The molecule has 2 aliphatic carbocycles. The third-order valence-corrected chi connectivity index (χ3v) is 6.41. The van der Waals surface area contributed by atoms with Gasteiger partial charge in [-0.25, -0.2) is 14.4 Å². The molecule has 0 saturated heterocycles. The van der Waals surface area contributed by atoms with Crippen molar-refractivity contribution in [3.05, 3.63) is 41.6 Å². The molecule has 7 nitrogen and oxygen atoms in total. The maximum Gasteiger partial charge on any atom is 0.255 e. The van der Waals surface area contributed by atoms with Gasteiger partial charge in [0.05, 0.1) is 29.8 Å². The predicted molar refractivity (Wildman–Crippen MR) is 118 cm³/mol. The number of aliphatic hydroxyl groups is 1. The third kappa shape index (κ3) is 4.07. The highest BCUT2D eigenvalue weighted by Gasteiger charge is 2.28. The standard InChI is InChI=1S/C24H27FN4O3/c1-13-20(24(31)29-17-4-2-3-5-18(17)30)22-23(28-13)21(26-12-27-22)16-10-15(25)8-9-19(16)32-11-14-6-7-14/h8-10,12,14,17-18,28,30H,2-7,11H2,1H3,(H,29,31)/t17-,18-/m0/s1. The Morgan fingerprint density at radius 3 is 2.84 bits per heavy atom. The summed E-state index contributed by atoms with van der Waals surface area (Å²) >= 11 is 0. The van der Waals surface area contributed by atoms with Crippen LogP contribution in [0.25, 0.3) is 22.3 Å². The summed E-state index contributed by atoms with van der Waals surface area (Å²) in [6, 6.07) is 4.12. The smallest absolute Gasteiger partial charge is 0.255 e. The zero-order chi connectivity index (χ0) is 22.2. The first-order valence-electron chi connectivity index (χ1n) is 11.3. The number of fused-ring (bicyclic) bond motifs is 1. The van der Waals surface area contributed by atoms with Crippen LogP contribution in [0, 0.1) is 18.7 Å².